The van der Waals surface area contributed by atoms with Gasteiger partial charge in [0.05, 0.1) is 5.69 Å². The molecule has 2 aromatic heterocycles. The summed E-state index contributed by atoms with van der Waals surface area (Å²) >= 11 is 0. The van der Waals surface area contributed by atoms with Gasteiger partial charge in [0.15, 0.2) is 0 Å². The Bertz CT molecular complexity index is 560. The molecule has 0 spiro atoms. The van der Waals surface area contributed by atoms with Gasteiger partial charge < -0.3 is 9.72 Å². The van der Waals surface area contributed by atoms with Crippen LogP contribution in [0.5, 0.6) is 0 Å². The highest BCUT2D eigenvalue weighted by Crippen LogP contribution is 2.14. The molecule has 1 aliphatic rings. The zero-order chi connectivity index (χ0) is 13.2. The van der Waals surface area contributed by atoms with Gasteiger partial charge in [-0.1, -0.05) is 6.07 Å². The van der Waals surface area contributed by atoms with Gasteiger partial charge in [0.1, 0.15) is 5.65 Å². The lowest BCUT2D eigenvalue weighted by Gasteiger charge is -2.31. The molecule has 0 bridgehead atoms. The second-order valence-corrected chi connectivity index (χ2v) is 5.57. The highest BCUT2D eigenvalue weighted by atomic mass is 15.2. The lowest BCUT2D eigenvalue weighted by atomic mass is 10.1. The largest absolute Gasteiger partial charge is 0.316 e. The number of hydrogen-bond acceptors (Lipinski definition) is 3. The fraction of sp³-hybridized carbons (Fsp3) is 0.533. The fourth-order valence-corrected chi connectivity index (χ4v) is 2.90. The number of pyridine rings is 1. The van der Waals surface area contributed by atoms with Gasteiger partial charge in [0.25, 0.3) is 0 Å². The molecule has 4 nitrogen and oxygen atoms in total. The summed E-state index contributed by atoms with van der Waals surface area (Å²) in [6, 6.07) is 4.84. The number of fused-ring (bicyclic) bond motifs is 1. The Morgan fingerprint density at radius 2 is 2.26 bits per heavy atom. The SMILES string of the molecule is CNC1CCCN(Cc2cn3cc(C)ccc3n2)C1. The smallest absolute Gasteiger partial charge is 0.137 e. The molecule has 2 aromatic rings. The number of aromatic nitrogens is 2. The Labute approximate surface area is 114 Å². The summed E-state index contributed by atoms with van der Waals surface area (Å²) in [7, 11) is 2.06. The minimum Gasteiger partial charge on any atom is -0.316 e. The van der Waals surface area contributed by atoms with Crippen LogP contribution < -0.4 is 5.32 Å². The van der Waals surface area contributed by atoms with E-state index in [1.54, 1.807) is 0 Å². The van der Waals surface area contributed by atoms with Crippen molar-refractivity contribution in [3.8, 4) is 0 Å². The first-order valence-corrected chi connectivity index (χ1v) is 7.08. The quantitative estimate of drug-likeness (QED) is 0.911. The normalized spacial score (nSPS) is 21.1. The van der Waals surface area contributed by atoms with E-state index in [2.05, 4.69) is 53.1 Å². The molecular weight excluding hydrogens is 236 g/mol. The van der Waals surface area contributed by atoms with E-state index in [0.29, 0.717) is 6.04 Å². The summed E-state index contributed by atoms with van der Waals surface area (Å²) in [4.78, 5) is 7.20. The molecule has 1 N–H and O–H groups in total. The van der Waals surface area contributed by atoms with Gasteiger partial charge in [-0.05, 0) is 45.0 Å². The third kappa shape index (κ3) is 2.80. The number of piperidine rings is 1. The molecule has 1 fully saturated rings. The van der Waals surface area contributed by atoms with Gasteiger partial charge in [0.2, 0.25) is 0 Å². The lowest BCUT2D eigenvalue weighted by molar-refractivity contribution is 0.186. The highest BCUT2D eigenvalue weighted by molar-refractivity contribution is 5.41. The Morgan fingerprint density at radius 3 is 3.11 bits per heavy atom. The van der Waals surface area contributed by atoms with Gasteiger partial charge >= 0.3 is 0 Å². The molecule has 0 amide bonds. The number of likely N-dealkylation sites (N-methyl/N-ethyl adjacent to an activating group) is 1. The summed E-state index contributed by atoms with van der Waals surface area (Å²) < 4.78 is 2.13. The molecule has 0 saturated carbocycles. The molecule has 1 saturated heterocycles. The molecule has 1 aliphatic heterocycles. The lowest BCUT2D eigenvalue weighted by Crippen LogP contribution is -2.43. The summed E-state index contributed by atoms with van der Waals surface area (Å²) in [6.07, 6.45) is 6.86. The molecule has 4 heteroatoms. The first-order valence-electron chi connectivity index (χ1n) is 7.08. The minimum absolute atomic E-state index is 0.632. The Morgan fingerprint density at radius 1 is 1.37 bits per heavy atom. The van der Waals surface area contributed by atoms with Crippen LogP contribution in [0.3, 0.4) is 0 Å². The molecular formula is C15H22N4. The third-order valence-electron chi connectivity index (χ3n) is 3.95. The van der Waals surface area contributed by atoms with Crippen molar-refractivity contribution < 1.29 is 0 Å². The minimum atomic E-state index is 0.632. The fourth-order valence-electron chi connectivity index (χ4n) is 2.90. The van der Waals surface area contributed by atoms with Crippen molar-refractivity contribution in [1.29, 1.82) is 0 Å². The molecule has 19 heavy (non-hydrogen) atoms. The van der Waals surface area contributed by atoms with E-state index in [4.69, 9.17) is 4.98 Å². The monoisotopic (exact) mass is 258 g/mol. The molecule has 3 rings (SSSR count). The number of aryl methyl sites for hydroxylation is 1. The summed E-state index contributed by atoms with van der Waals surface area (Å²) in [5.74, 6) is 0. The van der Waals surface area contributed by atoms with Crippen LogP contribution in [-0.4, -0.2) is 40.5 Å². The summed E-state index contributed by atoms with van der Waals surface area (Å²) in [6.45, 7) is 5.38. The number of nitrogens with one attached hydrogen (secondary N) is 1. The van der Waals surface area contributed by atoms with Crippen LogP contribution in [-0.2, 0) is 6.54 Å². The summed E-state index contributed by atoms with van der Waals surface area (Å²) in [5.41, 5.74) is 3.48. The van der Waals surface area contributed by atoms with Crippen molar-refractivity contribution in [3.63, 3.8) is 0 Å². The van der Waals surface area contributed by atoms with Crippen molar-refractivity contribution in [2.45, 2.75) is 32.4 Å². The topological polar surface area (TPSA) is 32.6 Å². The Hall–Kier alpha value is -1.39. The molecule has 1 atom stereocenters. The van der Waals surface area contributed by atoms with Crippen LogP contribution in [0.1, 0.15) is 24.1 Å². The van der Waals surface area contributed by atoms with Gasteiger partial charge in [-0.25, -0.2) is 4.98 Å². The molecule has 1 unspecified atom stereocenters. The van der Waals surface area contributed by atoms with E-state index in [1.807, 2.05) is 0 Å². The van der Waals surface area contributed by atoms with E-state index in [9.17, 15) is 0 Å². The average Bonchev–Trinajstić information content (AvgIpc) is 2.80. The van der Waals surface area contributed by atoms with Gasteiger partial charge in [-0.15, -0.1) is 0 Å². The first kappa shape index (κ1) is 12.6. The molecule has 0 aliphatic carbocycles. The van der Waals surface area contributed by atoms with Crippen molar-refractivity contribution in [2.75, 3.05) is 20.1 Å². The number of rotatable bonds is 3. The van der Waals surface area contributed by atoms with Crippen molar-refractivity contribution in [3.05, 3.63) is 35.8 Å². The van der Waals surface area contributed by atoms with E-state index in [0.717, 1.165) is 18.7 Å². The summed E-state index contributed by atoms with van der Waals surface area (Å²) in [5, 5.41) is 3.39. The van der Waals surface area contributed by atoms with E-state index in [1.165, 1.54) is 30.6 Å². The maximum Gasteiger partial charge on any atom is 0.137 e. The van der Waals surface area contributed by atoms with Crippen LogP contribution >= 0.6 is 0 Å². The molecule has 3 heterocycles. The predicted molar refractivity (Wildman–Crippen MR) is 77.3 cm³/mol. The number of likely N-dealkylation sites (tertiary alicyclic amines) is 1. The average molecular weight is 258 g/mol. The maximum absolute atomic E-state index is 4.70. The number of imidazole rings is 1. The first-order chi connectivity index (χ1) is 9.24. The highest BCUT2D eigenvalue weighted by Gasteiger charge is 2.19. The molecule has 0 aromatic carbocycles. The van der Waals surface area contributed by atoms with Gasteiger partial charge in [0, 0.05) is 31.5 Å². The van der Waals surface area contributed by atoms with Gasteiger partial charge in [-0.2, -0.15) is 0 Å². The van der Waals surface area contributed by atoms with Crippen LogP contribution in [0.25, 0.3) is 5.65 Å². The number of nitrogens with zero attached hydrogens (tertiary/aromatic N) is 3. The number of hydrogen-bond donors (Lipinski definition) is 1. The van der Waals surface area contributed by atoms with Crippen molar-refractivity contribution in [2.24, 2.45) is 0 Å². The van der Waals surface area contributed by atoms with E-state index >= 15 is 0 Å². The van der Waals surface area contributed by atoms with Crippen LogP contribution in [0.15, 0.2) is 24.5 Å². The second-order valence-electron chi connectivity index (χ2n) is 5.57. The van der Waals surface area contributed by atoms with E-state index < -0.39 is 0 Å². The van der Waals surface area contributed by atoms with Gasteiger partial charge in [-0.3, -0.25) is 4.90 Å². The Kier molecular flexibility index (Phi) is 3.53. The zero-order valence-corrected chi connectivity index (χ0v) is 11.8. The zero-order valence-electron chi connectivity index (χ0n) is 11.8. The molecule has 0 radical (unpaired) electrons. The second kappa shape index (κ2) is 5.31. The van der Waals surface area contributed by atoms with E-state index in [-0.39, 0.29) is 0 Å². The Balaban J connectivity index is 1.74. The van der Waals surface area contributed by atoms with Crippen LogP contribution in [0.4, 0.5) is 0 Å². The predicted octanol–water partition coefficient (Wildman–Crippen LogP) is 1.83. The standard InChI is InChI=1S/C15H22N4/c1-12-5-6-15-17-14(11-19(15)8-12)10-18-7-3-4-13(9-18)16-2/h5-6,8,11,13,16H,3-4,7,9-10H2,1-2H3. The van der Waals surface area contributed by atoms with Crippen LogP contribution in [0, 0.1) is 6.92 Å². The van der Waals surface area contributed by atoms with Crippen molar-refractivity contribution in [1.82, 2.24) is 19.6 Å². The van der Waals surface area contributed by atoms with Crippen LogP contribution in [0.2, 0.25) is 0 Å². The van der Waals surface area contributed by atoms with Crippen molar-refractivity contribution >= 4 is 5.65 Å². The maximum atomic E-state index is 4.70. The molecule has 102 valence electrons. The third-order valence-corrected chi connectivity index (χ3v) is 3.95.